The zero-order chi connectivity index (χ0) is 10.7. The molecule has 0 N–H and O–H groups in total. The number of hydrogen-bond acceptors (Lipinski definition) is 2. The van der Waals surface area contributed by atoms with Crippen LogP contribution in [0.4, 0.5) is 0 Å². The predicted octanol–water partition coefficient (Wildman–Crippen LogP) is 2.10. The molecular weight excluding hydrogens is 188 g/mol. The van der Waals surface area contributed by atoms with Gasteiger partial charge < -0.3 is 4.90 Å². The first-order valence-electron chi connectivity index (χ1n) is 5.50. The molecule has 3 heteroatoms. The van der Waals surface area contributed by atoms with Crippen LogP contribution in [0.5, 0.6) is 0 Å². The Morgan fingerprint density at radius 1 is 1.40 bits per heavy atom. The summed E-state index contributed by atoms with van der Waals surface area (Å²) in [6.45, 7) is 3.01. The summed E-state index contributed by atoms with van der Waals surface area (Å²) in [7, 11) is 0. The van der Waals surface area contributed by atoms with Gasteiger partial charge in [0.15, 0.2) is 0 Å². The molecule has 2 heterocycles. The molecule has 1 unspecified atom stereocenters. The number of carbonyl (C=O) groups excluding carboxylic acids is 1. The van der Waals surface area contributed by atoms with Crippen molar-refractivity contribution in [3.05, 3.63) is 30.1 Å². The Morgan fingerprint density at radius 3 is 2.80 bits per heavy atom. The van der Waals surface area contributed by atoms with Gasteiger partial charge in [0.1, 0.15) is 0 Å². The Bertz CT molecular complexity index is 337. The van der Waals surface area contributed by atoms with Crippen LogP contribution in [-0.4, -0.2) is 28.4 Å². The van der Waals surface area contributed by atoms with E-state index >= 15 is 0 Å². The topological polar surface area (TPSA) is 33.2 Å². The second kappa shape index (κ2) is 4.43. The first-order valence-corrected chi connectivity index (χ1v) is 5.50. The molecule has 80 valence electrons. The maximum atomic E-state index is 12.1. The van der Waals surface area contributed by atoms with E-state index < -0.39 is 0 Å². The van der Waals surface area contributed by atoms with Crippen molar-refractivity contribution in [3.63, 3.8) is 0 Å². The lowest BCUT2D eigenvalue weighted by Gasteiger charge is -2.33. The molecule has 0 spiro atoms. The normalized spacial score (nSPS) is 21.4. The zero-order valence-electron chi connectivity index (χ0n) is 9.02. The fourth-order valence-electron chi connectivity index (χ4n) is 2.06. The van der Waals surface area contributed by atoms with Crippen LogP contribution in [0.15, 0.2) is 24.5 Å². The Morgan fingerprint density at radius 2 is 2.13 bits per heavy atom. The molecular formula is C12H16N2O. The van der Waals surface area contributed by atoms with Gasteiger partial charge in [-0.2, -0.15) is 0 Å². The number of nitrogens with zero attached hydrogens (tertiary/aromatic N) is 2. The lowest BCUT2D eigenvalue weighted by Crippen LogP contribution is -2.41. The van der Waals surface area contributed by atoms with Gasteiger partial charge in [-0.15, -0.1) is 0 Å². The van der Waals surface area contributed by atoms with Crippen molar-refractivity contribution < 1.29 is 4.79 Å². The minimum absolute atomic E-state index is 0.143. The summed E-state index contributed by atoms with van der Waals surface area (Å²) in [6.07, 6.45) is 6.82. The van der Waals surface area contributed by atoms with E-state index in [1.54, 1.807) is 24.5 Å². The predicted molar refractivity (Wildman–Crippen MR) is 58.6 cm³/mol. The number of amides is 1. The van der Waals surface area contributed by atoms with Crippen molar-refractivity contribution in [1.82, 2.24) is 9.88 Å². The summed E-state index contributed by atoms with van der Waals surface area (Å²) in [5.41, 5.74) is 0.749. The van der Waals surface area contributed by atoms with Crippen LogP contribution in [0.3, 0.4) is 0 Å². The molecule has 1 aliphatic rings. The van der Waals surface area contributed by atoms with Gasteiger partial charge in [-0.05, 0) is 38.3 Å². The molecule has 1 atom stereocenters. The van der Waals surface area contributed by atoms with Gasteiger partial charge in [0.2, 0.25) is 0 Å². The number of rotatable bonds is 1. The third kappa shape index (κ3) is 2.17. The minimum Gasteiger partial charge on any atom is -0.336 e. The summed E-state index contributed by atoms with van der Waals surface area (Å²) in [4.78, 5) is 18.0. The van der Waals surface area contributed by atoms with Crippen LogP contribution >= 0.6 is 0 Å². The molecule has 1 aromatic heterocycles. The van der Waals surface area contributed by atoms with Crippen LogP contribution in [0.2, 0.25) is 0 Å². The van der Waals surface area contributed by atoms with Crippen LogP contribution in [0.1, 0.15) is 36.5 Å². The molecule has 1 saturated heterocycles. The molecule has 0 aromatic carbocycles. The molecule has 1 aliphatic heterocycles. The van der Waals surface area contributed by atoms with Gasteiger partial charge in [0.05, 0.1) is 0 Å². The fraction of sp³-hybridized carbons (Fsp3) is 0.500. The smallest absolute Gasteiger partial charge is 0.254 e. The maximum absolute atomic E-state index is 12.1. The van der Waals surface area contributed by atoms with Gasteiger partial charge in [-0.3, -0.25) is 9.78 Å². The largest absolute Gasteiger partial charge is 0.336 e. The number of hydrogen-bond donors (Lipinski definition) is 0. The number of pyridine rings is 1. The quantitative estimate of drug-likeness (QED) is 0.701. The van der Waals surface area contributed by atoms with Crippen LogP contribution < -0.4 is 0 Å². The minimum atomic E-state index is 0.143. The number of likely N-dealkylation sites (tertiary alicyclic amines) is 1. The Kier molecular flexibility index (Phi) is 2.99. The molecule has 2 rings (SSSR count). The van der Waals surface area contributed by atoms with E-state index in [-0.39, 0.29) is 5.91 Å². The first kappa shape index (κ1) is 10.1. The zero-order valence-corrected chi connectivity index (χ0v) is 9.02. The summed E-state index contributed by atoms with van der Waals surface area (Å²) in [5.74, 6) is 0.143. The highest BCUT2D eigenvalue weighted by Gasteiger charge is 2.23. The summed E-state index contributed by atoms with van der Waals surface area (Å²) >= 11 is 0. The van der Waals surface area contributed by atoms with Gasteiger partial charge in [-0.1, -0.05) is 0 Å². The third-order valence-electron chi connectivity index (χ3n) is 2.99. The fourth-order valence-corrected chi connectivity index (χ4v) is 2.06. The highest BCUT2D eigenvalue weighted by atomic mass is 16.2. The monoisotopic (exact) mass is 204 g/mol. The SMILES string of the molecule is CC1CCCCN1C(=O)c1ccncc1. The molecule has 1 aromatic rings. The number of piperidine rings is 1. The van der Waals surface area contributed by atoms with Crippen LogP contribution in [-0.2, 0) is 0 Å². The number of carbonyl (C=O) groups is 1. The number of aromatic nitrogens is 1. The Hall–Kier alpha value is -1.38. The highest BCUT2D eigenvalue weighted by molar-refractivity contribution is 5.94. The Balaban J connectivity index is 2.13. The second-order valence-electron chi connectivity index (χ2n) is 4.08. The summed E-state index contributed by atoms with van der Waals surface area (Å²) < 4.78 is 0. The van der Waals surface area contributed by atoms with E-state index in [2.05, 4.69) is 11.9 Å². The van der Waals surface area contributed by atoms with E-state index in [1.807, 2.05) is 4.90 Å². The lowest BCUT2D eigenvalue weighted by atomic mass is 10.0. The molecule has 3 nitrogen and oxygen atoms in total. The maximum Gasteiger partial charge on any atom is 0.254 e. The highest BCUT2D eigenvalue weighted by Crippen LogP contribution is 2.18. The van der Waals surface area contributed by atoms with Crippen molar-refractivity contribution >= 4 is 5.91 Å². The summed E-state index contributed by atoms with van der Waals surface area (Å²) in [5, 5.41) is 0. The van der Waals surface area contributed by atoms with E-state index in [4.69, 9.17) is 0 Å². The van der Waals surface area contributed by atoms with E-state index in [0.717, 1.165) is 24.9 Å². The van der Waals surface area contributed by atoms with Crippen LogP contribution in [0.25, 0.3) is 0 Å². The van der Waals surface area contributed by atoms with Crippen molar-refractivity contribution in [2.24, 2.45) is 0 Å². The third-order valence-corrected chi connectivity index (χ3v) is 2.99. The molecule has 1 fully saturated rings. The summed E-state index contributed by atoms with van der Waals surface area (Å²) in [6, 6.07) is 3.94. The van der Waals surface area contributed by atoms with Gasteiger partial charge in [0.25, 0.3) is 5.91 Å². The Labute approximate surface area is 90.1 Å². The molecule has 0 radical (unpaired) electrons. The first-order chi connectivity index (χ1) is 7.29. The second-order valence-corrected chi connectivity index (χ2v) is 4.08. The van der Waals surface area contributed by atoms with Crippen molar-refractivity contribution in [3.8, 4) is 0 Å². The molecule has 0 aliphatic carbocycles. The standard InChI is InChI=1S/C12H16N2O/c1-10-4-2-3-9-14(10)12(15)11-5-7-13-8-6-11/h5-8,10H,2-4,9H2,1H3. The van der Waals surface area contributed by atoms with Crippen molar-refractivity contribution in [2.45, 2.75) is 32.2 Å². The van der Waals surface area contributed by atoms with Gasteiger partial charge in [-0.25, -0.2) is 0 Å². The van der Waals surface area contributed by atoms with Gasteiger partial charge >= 0.3 is 0 Å². The molecule has 0 saturated carbocycles. The lowest BCUT2D eigenvalue weighted by molar-refractivity contribution is 0.0635. The average molecular weight is 204 g/mol. The molecule has 0 bridgehead atoms. The molecule has 1 amide bonds. The van der Waals surface area contributed by atoms with Crippen molar-refractivity contribution in [1.29, 1.82) is 0 Å². The van der Waals surface area contributed by atoms with E-state index in [9.17, 15) is 4.79 Å². The van der Waals surface area contributed by atoms with Crippen molar-refractivity contribution in [2.75, 3.05) is 6.54 Å². The van der Waals surface area contributed by atoms with E-state index in [1.165, 1.54) is 6.42 Å². The molecule has 15 heavy (non-hydrogen) atoms. The van der Waals surface area contributed by atoms with Crippen LogP contribution in [0, 0.1) is 0 Å². The average Bonchev–Trinajstić information content (AvgIpc) is 2.30. The van der Waals surface area contributed by atoms with Gasteiger partial charge in [0, 0.05) is 30.5 Å². The van der Waals surface area contributed by atoms with E-state index in [0.29, 0.717) is 6.04 Å².